The lowest BCUT2D eigenvalue weighted by Crippen LogP contribution is -2.14. The number of amides is 1. The second-order valence-electron chi connectivity index (χ2n) is 7.20. The number of aromatic nitrogens is 3. The molecule has 0 bridgehead atoms. The number of ether oxygens (including phenoxy) is 2. The first-order valence-corrected chi connectivity index (χ1v) is 10.9. The summed E-state index contributed by atoms with van der Waals surface area (Å²) in [6, 6.07) is 13.7. The average molecular weight is 425 g/mol. The number of fused-ring (bicyclic) bond motifs is 1. The van der Waals surface area contributed by atoms with Crippen LogP contribution in [0.4, 0.5) is 5.69 Å². The molecule has 0 fully saturated rings. The number of rotatable bonds is 7. The highest BCUT2D eigenvalue weighted by Crippen LogP contribution is 2.41. The standard InChI is InChI=1S/C22H24N4O3S/c1-4-26-21(17-6-5-7-18-20(17)29-13-28-18)24-25-22(26)30-12-19(27)23-16-10-8-15(9-11-16)14(2)3/h5-11,14H,4,12-13H2,1-3H3,(H,23,27). The maximum absolute atomic E-state index is 12.4. The van der Waals surface area contributed by atoms with Crippen molar-refractivity contribution in [1.29, 1.82) is 0 Å². The van der Waals surface area contributed by atoms with Gasteiger partial charge in [0.1, 0.15) is 0 Å². The van der Waals surface area contributed by atoms with Gasteiger partial charge in [-0.3, -0.25) is 4.79 Å². The highest BCUT2D eigenvalue weighted by Gasteiger charge is 2.23. The van der Waals surface area contributed by atoms with Crippen LogP contribution in [0.25, 0.3) is 11.4 Å². The molecule has 0 aliphatic carbocycles. The number of hydrogen-bond acceptors (Lipinski definition) is 6. The predicted molar refractivity (Wildman–Crippen MR) is 117 cm³/mol. The maximum Gasteiger partial charge on any atom is 0.234 e. The van der Waals surface area contributed by atoms with Gasteiger partial charge in [0.25, 0.3) is 0 Å². The summed E-state index contributed by atoms with van der Waals surface area (Å²) in [7, 11) is 0. The van der Waals surface area contributed by atoms with E-state index in [2.05, 4.69) is 29.4 Å². The second kappa shape index (κ2) is 8.79. The molecule has 8 heteroatoms. The highest BCUT2D eigenvalue weighted by molar-refractivity contribution is 7.99. The van der Waals surface area contributed by atoms with Crippen molar-refractivity contribution in [3.63, 3.8) is 0 Å². The number of nitrogens with one attached hydrogen (secondary N) is 1. The molecule has 30 heavy (non-hydrogen) atoms. The zero-order valence-corrected chi connectivity index (χ0v) is 18.0. The number of anilines is 1. The van der Waals surface area contributed by atoms with Gasteiger partial charge in [-0.2, -0.15) is 0 Å². The van der Waals surface area contributed by atoms with Crippen LogP contribution in [-0.2, 0) is 11.3 Å². The van der Waals surface area contributed by atoms with Gasteiger partial charge in [-0.1, -0.05) is 43.8 Å². The molecule has 2 heterocycles. The smallest absolute Gasteiger partial charge is 0.234 e. The molecule has 0 atom stereocenters. The van der Waals surface area contributed by atoms with Crippen LogP contribution < -0.4 is 14.8 Å². The predicted octanol–water partition coefficient (Wildman–Crippen LogP) is 4.55. The first kappa shape index (κ1) is 20.3. The quantitative estimate of drug-likeness (QED) is 0.561. The van der Waals surface area contributed by atoms with Gasteiger partial charge in [0.2, 0.25) is 12.7 Å². The molecule has 1 N–H and O–H groups in total. The molecular formula is C22H24N4O3S. The van der Waals surface area contributed by atoms with Crippen LogP contribution in [0.3, 0.4) is 0 Å². The van der Waals surface area contributed by atoms with E-state index in [1.54, 1.807) is 0 Å². The van der Waals surface area contributed by atoms with Crippen molar-refractivity contribution in [1.82, 2.24) is 14.8 Å². The lowest BCUT2D eigenvalue weighted by Gasteiger charge is -2.10. The van der Waals surface area contributed by atoms with Crippen LogP contribution in [0.1, 0.15) is 32.3 Å². The van der Waals surface area contributed by atoms with Crippen molar-refractivity contribution in [2.24, 2.45) is 0 Å². The first-order valence-electron chi connectivity index (χ1n) is 9.91. The highest BCUT2D eigenvalue weighted by atomic mass is 32.2. The Kier molecular flexibility index (Phi) is 5.94. The molecular weight excluding hydrogens is 400 g/mol. The van der Waals surface area contributed by atoms with Crippen molar-refractivity contribution in [3.8, 4) is 22.9 Å². The average Bonchev–Trinajstić information content (AvgIpc) is 3.39. The van der Waals surface area contributed by atoms with Crippen LogP contribution in [-0.4, -0.2) is 33.2 Å². The molecule has 1 amide bonds. The molecule has 0 saturated heterocycles. The summed E-state index contributed by atoms with van der Waals surface area (Å²) in [5.74, 6) is 2.71. The van der Waals surface area contributed by atoms with Gasteiger partial charge >= 0.3 is 0 Å². The van der Waals surface area contributed by atoms with Crippen molar-refractivity contribution < 1.29 is 14.3 Å². The van der Waals surface area contributed by atoms with Crippen molar-refractivity contribution in [2.45, 2.75) is 38.4 Å². The Bertz CT molecular complexity index is 1050. The van der Waals surface area contributed by atoms with E-state index in [9.17, 15) is 4.79 Å². The number of thioether (sulfide) groups is 1. The number of hydrogen-bond donors (Lipinski definition) is 1. The van der Waals surface area contributed by atoms with Gasteiger partial charge in [-0.15, -0.1) is 10.2 Å². The second-order valence-corrected chi connectivity index (χ2v) is 8.15. The number of benzene rings is 2. The van der Waals surface area contributed by atoms with E-state index < -0.39 is 0 Å². The van der Waals surface area contributed by atoms with Crippen molar-refractivity contribution in [3.05, 3.63) is 48.0 Å². The van der Waals surface area contributed by atoms with E-state index >= 15 is 0 Å². The summed E-state index contributed by atoms with van der Waals surface area (Å²) < 4.78 is 13.0. The molecule has 3 aromatic rings. The molecule has 0 saturated carbocycles. The number of nitrogens with zero attached hydrogens (tertiary/aromatic N) is 3. The molecule has 0 unspecified atom stereocenters. The molecule has 0 spiro atoms. The van der Waals surface area contributed by atoms with E-state index in [-0.39, 0.29) is 18.5 Å². The van der Waals surface area contributed by atoms with Crippen LogP contribution in [0.15, 0.2) is 47.6 Å². The third kappa shape index (κ3) is 4.14. The minimum absolute atomic E-state index is 0.0816. The lowest BCUT2D eigenvalue weighted by atomic mass is 10.0. The van der Waals surface area contributed by atoms with Crippen molar-refractivity contribution in [2.75, 3.05) is 17.9 Å². The van der Waals surface area contributed by atoms with Gasteiger partial charge in [0.15, 0.2) is 22.5 Å². The Morgan fingerprint density at radius 2 is 1.97 bits per heavy atom. The van der Waals surface area contributed by atoms with Crippen LogP contribution >= 0.6 is 11.8 Å². The molecule has 7 nitrogen and oxygen atoms in total. The third-order valence-corrected chi connectivity index (χ3v) is 5.83. The van der Waals surface area contributed by atoms with Crippen molar-refractivity contribution >= 4 is 23.4 Å². The summed E-state index contributed by atoms with van der Waals surface area (Å²) in [5, 5.41) is 12.3. The number of para-hydroxylation sites is 1. The zero-order chi connectivity index (χ0) is 21.1. The fourth-order valence-corrected chi connectivity index (χ4v) is 4.07. The fourth-order valence-electron chi connectivity index (χ4n) is 3.26. The third-order valence-electron chi connectivity index (χ3n) is 4.86. The van der Waals surface area contributed by atoms with Gasteiger partial charge < -0.3 is 19.4 Å². The van der Waals surface area contributed by atoms with E-state index in [1.165, 1.54) is 17.3 Å². The largest absolute Gasteiger partial charge is 0.454 e. The van der Waals surface area contributed by atoms with Gasteiger partial charge in [-0.05, 0) is 42.7 Å². The fraction of sp³-hybridized carbons (Fsp3) is 0.318. The normalized spacial score (nSPS) is 12.4. The summed E-state index contributed by atoms with van der Waals surface area (Å²) >= 11 is 1.36. The molecule has 2 aromatic carbocycles. The minimum Gasteiger partial charge on any atom is -0.454 e. The summed E-state index contributed by atoms with van der Waals surface area (Å²) in [5.41, 5.74) is 2.87. The number of carbonyl (C=O) groups excluding carboxylic acids is 1. The molecule has 1 aromatic heterocycles. The lowest BCUT2D eigenvalue weighted by molar-refractivity contribution is -0.113. The van der Waals surface area contributed by atoms with Crippen LogP contribution in [0.2, 0.25) is 0 Å². The Morgan fingerprint density at radius 1 is 1.17 bits per heavy atom. The topological polar surface area (TPSA) is 78.3 Å². The SMILES string of the molecule is CCn1c(SCC(=O)Nc2ccc(C(C)C)cc2)nnc1-c1cccc2c1OCO2. The molecule has 0 radical (unpaired) electrons. The Morgan fingerprint density at radius 3 is 2.70 bits per heavy atom. The molecule has 156 valence electrons. The maximum atomic E-state index is 12.4. The van der Waals surface area contributed by atoms with E-state index in [1.807, 2.05) is 54.0 Å². The number of carbonyl (C=O) groups is 1. The molecule has 1 aliphatic heterocycles. The Balaban J connectivity index is 1.44. The summed E-state index contributed by atoms with van der Waals surface area (Å²) in [6.45, 7) is 7.18. The van der Waals surface area contributed by atoms with Gasteiger partial charge in [0.05, 0.1) is 11.3 Å². The van der Waals surface area contributed by atoms with E-state index in [4.69, 9.17) is 9.47 Å². The van der Waals surface area contributed by atoms with Gasteiger partial charge in [0, 0.05) is 12.2 Å². The molecule has 1 aliphatic rings. The Hall–Kier alpha value is -3.00. The van der Waals surface area contributed by atoms with Gasteiger partial charge in [-0.25, -0.2) is 0 Å². The zero-order valence-electron chi connectivity index (χ0n) is 17.2. The first-order chi connectivity index (χ1) is 14.6. The van der Waals surface area contributed by atoms with E-state index in [0.29, 0.717) is 34.9 Å². The van der Waals surface area contributed by atoms with Crippen LogP contribution in [0.5, 0.6) is 11.5 Å². The monoisotopic (exact) mass is 424 g/mol. The Labute approximate surface area is 179 Å². The van der Waals surface area contributed by atoms with Crippen LogP contribution in [0, 0.1) is 0 Å². The summed E-state index contributed by atoms with van der Waals surface area (Å²) in [6.07, 6.45) is 0. The minimum atomic E-state index is -0.0816. The van der Waals surface area contributed by atoms with E-state index in [0.717, 1.165) is 11.3 Å². The summed E-state index contributed by atoms with van der Waals surface area (Å²) in [4.78, 5) is 12.4. The molecule has 4 rings (SSSR count).